The van der Waals surface area contributed by atoms with Crippen molar-refractivity contribution in [1.82, 2.24) is 4.98 Å². The SMILES string of the molecule is C[C@@H](O)c1cccnc1Oc1cccc(C#N)c1. The van der Waals surface area contributed by atoms with Crippen LogP contribution in [0, 0.1) is 11.3 Å². The molecular weight excluding hydrogens is 228 g/mol. The number of benzene rings is 1. The van der Waals surface area contributed by atoms with Crippen molar-refractivity contribution in [3.63, 3.8) is 0 Å². The van der Waals surface area contributed by atoms with E-state index in [4.69, 9.17) is 10.00 Å². The Kier molecular flexibility index (Phi) is 3.56. The van der Waals surface area contributed by atoms with Crippen molar-refractivity contribution >= 4 is 0 Å². The Bertz CT molecular complexity index is 588. The average molecular weight is 240 g/mol. The third kappa shape index (κ3) is 2.65. The topological polar surface area (TPSA) is 66.1 Å². The van der Waals surface area contributed by atoms with Crippen molar-refractivity contribution in [3.05, 3.63) is 53.7 Å². The minimum absolute atomic E-state index is 0.350. The molecular formula is C14H12N2O2. The van der Waals surface area contributed by atoms with E-state index in [1.165, 1.54) is 0 Å². The highest BCUT2D eigenvalue weighted by Crippen LogP contribution is 2.27. The molecule has 0 unspecified atom stereocenters. The van der Waals surface area contributed by atoms with E-state index in [0.717, 1.165) is 0 Å². The first-order valence-electron chi connectivity index (χ1n) is 5.51. The fraction of sp³-hybridized carbons (Fsp3) is 0.143. The first-order chi connectivity index (χ1) is 8.70. The van der Waals surface area contributed by atoms with Crippen LogP contribution in [-0.4, -0.2) is 10.1 Å². The number of hydrogen-bond acceptors (Lipinski definition) is 4. The highest BCUT2D eigenvalue weighted by atomic mass is 16.5. The van der Waals surface area contributed by atoms with Crippen LogP contribution in [0.15, 0.2) is 42.6 Å². The molecule has 4 nitrogen and oxygen atoms in total. The molecule has 0 aliphatic rings. The lowest BCUT2D eigenvalue weighted by atomic mass is 10.2. The maximum absolute atomic E-state index is 9.61. The maximum atomic E-state index is 9.61. The van der Waals surface area contributed by atoms with Crippen LogP contribution in [0.1, 0.15) is 24.2 Å². The summed E-state index contributed by atoms with van der Waals surface area (Å²) in [5.41, 5.74) is 1.13. The number of nitrogens with zero attached hydrogens (tertiary/aromatic N) is 2. The Morgan fingerprint density at radius 2 is 2.17 bits per heavy atom. The van der Waals surface area contributed by atoms with Gasteiger partial charge in [0, 0.05) is 11.8 Å². The molecule has 4 heteroatoms. The van der Waals surface area contributed by atoms with Crippen LogP contribution in [0.4, 0.5) is 0 Å². The second kappa shape index (κ2) is 5.30. The van der Waals surface area contributed by atoms with Gasteiger partial charge < -0.3 is 9.84 Å². The van der Waals surface area contributed by atoms with Crippen LogP contribution in [0.25, 0.3) is 0 Å². The molecule has 0 saturated carbocycles. The van der Waals surface area contributed by atoms with Crippen molar-refractivity contribution in [2.24, 2.45) is 0 Å². The van der Waals surface area contributed by atoms with Crippen LogP contribution in [0.3, 0.4) is 0 Å². The third-order valence-corrected chi connectivity index (χ3v) is 2.43. The van der Waals surface area contributed by atoms with Crippen molar-refractivity contribution in [1.29, 1.82) is 5.26 Å². The molecule has 0 amide bonds. The van der Waals surface area contributed by atoms with Gasteiger partial charge in [-0.2, -0.15) is 5.26 Å². The second-order valence-corrected chi connectivity index (χ2v) is 3.82. The summed E-state index contributed by atoms with van der Waals surface area (Å²) >= 11 is 0. The van der Waals surface area contributed by atoms with Gasteiger partial charge >= 0.3 is 0 Å². The molecule has 2 rings (SSSR count). The summed E-state index contributed by atoms with van der Waals surface area (Å²) in [6.45, 7) is 1.65. The normalized spacial score (nSPS) is 11.6. The molecule has 0 bridgehead atoms. The van der Waals surface area contributed by atoms with Crippen LogP contribution in [-0.2, 0) is 0 Å². The Hall–Kier alpha value is -2.38. The minimum Gasteiger partial charge on any atom is -0.439 e. The van der Waals surface area contributed by atoms with Gasteiger partial charge in [0.15, 0.2) is 0 Å². The summed E-state index contributed by atoms with van der Waals surface area (Å²) in [6, 6.07) is 12.3. The van der Waals surface area contributed by atoms with E-state index in [9.17, 15) is 5.11 Å². The number of rotatable bonds is 3. The zero-order chi connectivity index (χ0) is 13.0. The largest absolute Gasteiger partial charge is 0.439 e. The van der Waals surface area contributed by atoms with Gasteiger partial charge in [0.1, 0.15) is 5.75 Å². The number of aliphatic hydroxyl groups excluding tert-OH is 1. The van der Waals surface area contributed by atoms with Crippen LogP contribution in [0.2, 0.25) is 0 Å². The molecule has 0 aliphatic carbocycles. The molecule has 0 aliphatic heterocycles. The van der Waals surface area contributed by atoms with Crippen LogP contribution >= 0.6 is 0 Å². The number of hydrogen-bond donors (Lipinski definition) is 1. The van der Waals surface area contributed by atoms with E-state index in [0.29, 0.717) is 22.8 Å². The van der Waals surface area contributed by atoms with E-state index in [2.05, 4.69) is 4.98 Å². The minimum atomic E-state index is -0.659. The predicted octanol–water partition coefficient (Wildman–Crippen LogP) is 2.80. The molecule has 0 radical (unpaired) electrons. The second-order valence-electron chi connectivity index (χ2n) is 3.82. The fourth-order valence-corrected chi connectivity index (χ4v) is 1.55. The van der Waals surface area contributed by atoms with Crippen molar-refractivity contribution in [2.75, 3.05) is 0 Å². The van der Waals surface area contributed by atoms with Crippen LogP contribution < -0.4 is 4.74 Å². The molecule has 0 fully saturated rings. The molecule has 2 aromatic rings. The first-order valence-corrected chi connectivity index (χ1v) is 5.51. The maximum Gasteiger partial charge on any atom is 0.225 e. The number of ether oxygens (including phenoxy) is 1. The van der Waals surface area contributed by atoms with E-state index in [1.807, 2.05) is 6.07 Å². The van der Waals surface area contributed by atoms with Gasteiger partial charge in [-0.25, -0.2) is 4.98 Å². The quantitative estimate of drug-likeness (QED) is 0.895. The summed E-state index contributed by atoms with van der Waals surface area (Å²) in [5.74, 6) is 0.872. The molecule has 1 aromatic heterocycles. The number of aliphatic hydroxyl groups is 1. The number of nitriles is 1. The lowest BCUT2D eigenvalue weighted by molar-refractivity contribution is 0.194. The van der Waals surface area contributed by atoms with Gasteiger partial charge in [0.25, 0.3) is 0 Å². The summed E-state index contributed by atoms with van der Waals surface area (Å²) in [4.78, 5) is 4.09. The summed E-state index contributed by atoms with van der Waals surface area (Å²) < 4.78 is 5.59. The Labute approximate surface area is 105 Å². The number of pyridine rings is 1. The van der Waals surface area contributed by atoms with Gasteiger partial charge in [-0.15, -0.1) is 0 Å². The zero-order valence-corrected chi connectivity index (χ0v) is 9.87. The molecule has 1 N–H and O–H groups in total. The van der Waals surface area contributed by atoms with Gasteiger partial charge in [0.05, 0.1) is 17.7 Å². The lowest BCUT2D eigenvalue weighted by Crippen LogP contribution is -1.98. The van der Waals surface area contributed by atoms with Gasteiger partial charge in [0.2, 0.25) is 5.88 Å². The predicted molar refractivity (Wildman–Crippen MR) is 66.1 cm³/mol. The molecule has 1 atom stereocenters. The Balaban J connectivity index is 2.31. The Morgan fingerprint density at radius 1 is 1.33 bits per heavy atom. The average Bonchev–Trinajstić information content (AvgIpc) is 2.39. The van der Waals surface area contributed by atoms with Gasteiger partial charge in [-0.05, 0) is 37.3 Å². The monoisotopic (exact) mass is 240 g/mol. The smallest absolute Gasteiger partial charge is 0.225 e. The van der Waals surface area contributed by atoms with Crippen molar-refractivity contribution in [3.8, 4) is 17.7 Å². The molecule has 0 spiro atoms. The van der Waals surface area contributed by atoms with Crippen molar-refractivity contribution in [2.45, 2.75) is 13.0 Å². The zero-order valence-electron chi connectivity index (χ0n) is 9.87. The molecule has 1 aromatic carbocycles. The van der Waals surface area contributed by atoms with E-state index < -0.39 is 6.10 Å². The first kappa shape index (κ1) is 12.1. The number of aromatic nitrogens is 1. The van der Waals surface area contributed by atoms with Crippen molar-refractivity contribution < 1.29 is 9.84 Å². The highest BCUT2D eigenvalue weighted by Gasteiger charge is 2.10. The molecule has 90 valence electrons. The van der Waals surface area contributed by atoms with Crippen LogP contribution in [0.5, 0.6) is 11.6 Å². The van der Waals surface area contributed by atoms with Gasteiger partial charge in [-0.1, -0.05) is 6.07 Å². The fourth-order valence-electron chi connectivity index (χ4n) is 1.55. The highest BCUT2D eigenvalue weighted by molar-refractivity contribution is 5.39. The Morgan fingerprint density at radius 3 is 2.89 bits per heavy atom. The third-order valence-electron chi connectivity index (χ3n) is 2.43. The molecule has 0 saturated heterocycles. The van der Waals surface area contributed by atoms with E-state index >= 15 is 0 Å². The summed E-state index contributed by atoms with van der Waals surface area (Å²) in [6.07, 6.45) is 0.933. The standard InChI is InChI=1S/C14H12N2O2/c1-10(17)13-6-3-7-16-14(13)18-12-5-2-4-11(8-12)9-15/h2-8,10,17H,1H3/t10-/m1/s1. The molecule has 18 heavy (non-hydrogen) atoms. The lowest BCUT2D eigenvalue weighted by Gasteiger charge is -2.11. The van der Waals surface area contributed by atoms with E-state index in [1.54, 1.807) is 49.5 Å². The summed E-state index contributed by atoms with van der Waals surface area (Å²) in [7, 11) is 0. The van der Waals surface area contributed by atoms with E-state index in [-0.39, 0.29) is 0 Å². The molecule has 1 heterocycles. The summed E-state index contributed by atoms with van der Waals surface area (Å²) in [5, 5.41) is 18.4. The van der Waals surface area contributed by atoms with Gasteiger partial charge in [-0.3, -0.25) is 0 Å².